The largest absolute Gasteiger partial charge is 0.481 e. The number of nitrogens with one attached hydrogen (secondary N) is 2. The number of benzene rings is 2. The summed E-state index contributed by atoms with van der Waals surface area (Å²) in [4.78, 5) is 38.2. The van der Waals surface area contributed by atoms with E-state index >= 15 is 0 Å². The first-order valence-corrected chi connectivity index (χ1v) is 13.8. The molecule has 43 heavy (non-hydrogen) atoms. The number of carbonyl (C=O) groups is 3. The average molecular weight is 594 g/mol. The standard InChI is InChI=1S/C20H21F2NO3.C12H16N4O/c1-11-5-12(2)18(13(3)6-11)14-7-15(19(22)16(21)8-14)20(4,23-10-24)9-17(25)26;1-9(2)5-6-13-12(17)10-4-3-7-16-11(10)14-8-15-16/h5-8,10H,9H2,1-4H3,(H,23,24)(H,25,26);3-4,7-9H,5-6H2,1-2H3,(H,13,17)/t20-;/m0./s1. The number of carbonyl (C=O) groups excluding carboxylic acids is 2. The number of carboxylic acid groups (broad SMARTS) is 1. The summed E-state index contributed by atoms with van der Waals surface area (Å²) < 4.78 is 30.4. The molecule has 0 saturated heterocycles. The van der Waals surface area contributed by atoms with Crippen LogP contribution >= 0.6 is 0 Å². The fourth-order valence-corrected chi connectivity index (χ4v) is 5.02. The number of pyridine rings is 1. The summed E-state index contributed by atoms with van der Waals surface area (Å²) in [5.41, 5.74) is 3.37. The van der Waals surface area contributed by atoms with E-state index in [9.17, 15) is 23.2 Å². The van der Waals surface area contributed by atoms with E-state index in [1.165, 1.54) is 19.3 Å². The summed E-state index contributed by atoms with van der Waals surface area (Å²) in [6, 6.07) is 9.91. The molecule has 2 amide bonds. The highest BCUT2D eigenvalue weighted by molar-refractivity contribution is 5.99. The van der Waals surface area contributed by atoms with Gasteiger partial charge in [0.05, 0.1) is 17.5 Å². The van der Waals surface area contributed by atoms with Gasteiger partial charge >= 0.3 is 5.97 Å². The Labute approximate surface area is 249 Å². The highest BCUT2D eigenvalue weighted by Crippen LogP contribution is 2.35. The molecule has 4 aromatic rings. The van der Waals surface area contributed by atoms with Gasteiger partial charge in [0.25, 0.3) is 5.91 Å². The lowest BCUT2D eigenvalue weighted by atomic mass is 9.84. The minimum absolute atomic E-state index is 0.0933. The van der Waals surface area contributed by atoms with E-state index in [1.807, 2.05) is 32.9 Å². The van der Waals surface area contributed by atoms with Gasteiger partial charge in [0, 0.05) is 18.3 Å². The fourth-order valence-electron chi connectivity index (χ4n) is 5.02. The summed E-state index contributed by atoms with van der Waals surface area (Å²) in [5.74, 6) is -3.02. The van der Waals surface area contributed by atoms with E-state index in [0.717, 1.165) is 34.7 Å². The van der Waals surface area contributed by atoms with Crippen molar-refractivity contribution in [1.82, 2.24) is 25.2 Å². The second kappa shape index (κ2) is 14.0. The summed E-state index contributed by atoms with van der Waals surface area (Å²) in [5, 5.41) is 18.3. The van der Waals surface area contributed by atoms with Crippen LogP contribution in [0, 0.1) is 38.3 Å². The Morgan fingerprint density at radius 1 is 1.12 bits per heavy atom. The number of aliphatic carboxylic acids is 1. The third kappa shape index (κ3) is 8.00. The molecule has 11 heteroatoms. The molecule has 0 aliphatic heterocycles. The van der Waals surface area contributed by atoms with Crippen molar-refractivity contribution >= 4 is 23.9 Å². The Morgan fingerprint density at radius 2 is 1.79 bits per heavy atom. The van der Waals surface area contributed by atoms with Gasteiger partial charge in [-0.05, 0) is 86.6 Å². The third-order valence-electron chi connectivity index (χ3n) is 7.03. The molecule has 0 unspecified atom stereocenters. The SMILES string of the molecule is CC(C)CCNC(=O)c1cccn2ncnc12.Cc1cc(C)c(-c2cc(F)c(F)c([C@](C)(CC(=O)O)NC=O)c2)c(C)c1. The van der Waals surface area contributed by atoms with Gasteiger partial charge in [-0.1, -0.05) is 31.5 Å². The first-order valence-electron chi connectivity index (χ1n) is 13.8. The molecular weight excluding hydrogens is 556 g/mol. The monoisotopic (exact) mass is 593 g/mol. The molecule has 0 spiro atoms. The molecule has 0 saturated carbocycles. The molecule has 0 fully saturated rings. The molecule has 3 N–H and O–H groups in total. The van der Waals surface area contributed by atoms with E-state index in [0.29, 0.717) is 29.2 Å². The van der Waals surface area contributed by atoms with Crippen molar-refractivity contribution in [3.05, 3.63) is 88.4 Å². The van der Waals surface area contributed by atoms with Crippen molar-refractivity contribution in [2.24, 2.45) is 5.92 Å². The molecule has 9 nitrogen and oxygen atoms in total. The van der Waals surface area contributed by atoms with E-state index < -0.39 is 29.6 Å². The van der Waals surface area contributed by atoms with Crippen LogP contribution in [0.5, 0.6) is 0 Å². The molecule has 228 valence electrons. The van der Waals surface area contributed by atoms with Gasteiger partial charge in [-0.3, -0.25) is 14.4 Å². The lowest BCUT2D eigenvalue weighted by Crippen LogP contribution is -2.41. The number of carboxylic acids is 1. The number of aryl methyl sites for hydroxylation is 3. The Kier molecular flexibility index (Phi) is 10.7. The number of fused-ring (bicyclic) bond motifs is 1. The molecule has 0 aliphatic rings. The van der Waals surface area contributed by atoms with Crippen LogP contribution in [0.15, 0.2) is 48.9 Å². The van der Waals surface area contributed by atoms with Crippen LogP contribution in [0.1, 0.15) is 66.2 Å². The zero-order chi connectivity index (χ0) is 31.9. The van der Waals surface area contributed by atoms with Gasteiger partial charge in [-0.2, -0.15) is 5.10 Å². The maximum Gasteiger partial charge on any atom is 0.306 e. The van der Waals surface area contributed by atoms with Gasteiger partial charge in [0.15, 0.2) is 17.3 Å². The highest BCUT2D eigenvalue weighted by Gasteiger charge is 2.34. The first kappa shape index (κ1) is 32.8. The van der Waals surface area contributed by atoms with Crippen LogP contribution < -0.4 is 10.6 Å². The minimum Gasteiger partial charge on any atom is -0.481 e. The number of hydrogen-bond donors (Lipinski definition) is 3. The zero-order valence-electron chi connectivity index (χ0n) is 25.2. The van der Waals surface area contributed by atoms with Gasteiger partial charge in [-0.25, -0.2) is 18.3 Å². The molecule has 2 heterocycles. The third-order valence-corrected chi connectivity index (χ3v) is 7.03. The van der Waals surface area contributed by atoms with E-state index in [-0.39, 0.29) is 17.9 Å². The second-order valence-corrected chi connectivity index (χ2v) is 11.1. The smallest absolute Gasteiger partial charge is 0.306 e. The van der Waals surface area contributed by atoms with Crippen molar-refractivity contribution in [2.75, 3.05) is 6.54 Å². The summed E-state index contributed by atoms with van der Waals surface area (Å²) >= 11 is 0. The number of halogens is 2. The number of hydrogen-bond acceptors (Lipinski definition) is 5. The Morgan fingerprint density at radius 3 is 2.40 bits per heavy atom. The topological polar surface area (TPSA) is 126 Å². The van der Waals surface area contributed by atoms with Gasteiger partial charge in [0.2, 0.25) is 6.41 Å². The van der Waals surface area contributed by atoms with Crippen LogP contribution in [0.4, 0.5) is 8.78 Å². The Hall–Kier alpha value is -4.67. The number of aromatic nitrogens is 3. The molecule has 1 atom stereocenters. The molecule has 0 aliphatic carbocycles. The van der Waals surface area contributed by atoms with E-state index in [4.69, 9.17) is 5.11 Å². The summed E-state index contributed by atoms with van der Waals surface area (Å²) in [7, 11) is 0. The van der Waals surface area contributed by atoms with Crippen LogP contribution in [-0.2, 0) is 15.1 Å². The normalized spacial score (nSPS) is 12.3. The van der Waals surface area contributed by atoms with Crippen molar-refractivity contribution in [3.63, 3.8) is 0 Å². The predicted molar refractivity (Wildman–Crippen MR) is 160 cm³/mol. The van der Waals surface area contributed by atoms with Crippen molar-refractivity contribution in [2.45, 2.75) is 59.9 Å². The summed E-state index contributed by atoms with van der Waals surface area (Å²) in [6.45, 7) is 12.0. The maximum atomic E-state index is 14.5. The average Bonchev–Trinajstić information content (AvgIpc) is 3.39. The Balaban J connectivity index is 0.000000257. The van der Waals surface area contributed by atoms with Crippen LogP contribution in [0.2, 0.25) is 0 Å². The fraction of sp³-hybridized carbons (Fsp3) is 0.344. The van der Waals surface area contributed by atoms with E-state index in [2.05, 4.69) is 34.6 Å². The lowest BCUT2D eigenvalue weighted by Gasteiger charge is -2.29. The first-order chi connectivity index (χ1) is 20.3. The number of nitrogens with zero attached hydrogens (tertiary/aromatic N) is 3. The quantitative estimate of drug-likeness (QED) is 0.209. The predicted octanol–water partition coefficient (Wildman–Crippen LogP) is 5.50. The number of rotatable bonds is 10. The Bertz CT molecular complexity index is 1610. The molecule has 2 aromatic heterocycles. The maximum absolute atomic E-state index is 14.5. The van der Waals surface area contributed by atoms with Crippen molar-refractivity contribution < 1.29 is 28.3 Å². The van der Waals surface area contributed by atoms with Gasteiger partial charge < -0.3 is 15.7 Å². The zero-order valence-corrected chi connectivity index (χ0v) is 25.2. The summed E-state index contributed by atoms with van der Waals surface area (Å²) in [6.07, 6.45) is 3.89. The van der Waals surface area contributed by atoms with Gasteiger partial charge in [0.1, 0.15) is 6.33 Å². The van der Waals surface area contributed by atoms with Crippen LogP contribution in [0.25, 0.3) is 16.8 Å². The van der Waals surface area contributed by atoms with Gasteiger partial charge in [-0.15, -0.1) is 0 Å². The highest BCUT2D eigenvalue weighted by atomic mass is 19.2. The molecule has 0 bridgehead atoms. The molecular formula is C32H37F2N5O4. The second-order valence-electron chi connectivity index (χ2n) is 11.1. The van der Waals surface area contributed by atoms with Crippen LogP contribution in [-0.4, -0.2) is 44.5 Å². The van der Waals surface area contributed by atoms with E-state index in [1.54, 1.807) is 22.8 Å². The van der Waals surface area contributed by atoms with Crippen molar-refractivity contribution in [3.8, 4) is 11.1 Å². The molecule has 2 aromatic carbocycles. The minimum atomic E-state index is -1.58. The lowest BCUT2D eigenvalue weighted by molar-refractivity contribution is -0.138. The molecule has 4 rings (SSSR count). The molecule has 0 radical (unpaired) electrons. The number of amides is 2. The van der Waals surface area contributed by atoms with Crippen molar-refractivity contribution in [1.29, 1.82) is 0 Å². The van der Waals surface area contributed by atoms with Crippen LogP contribution in [0.3, 0.4) is 0 Å².